The second kappa shape index (κ2) is 5.87. The van der Waals surface area contributed by atoms with Crippen LogP contribution in [-0.4, -0.2) is 48.3 Å². The molecule has 3 aromatic rings. The molecule has 0 atom stereocenters. The van der Waals surface area contributed by atoms with Crippen LogP contribution in [-0.2, 0) is 7.05 Å². The molecule has 25 heavy (non-hydrogen) atoms. The molecule has 8 heteroatoms. The molecule has 0 aromatic carbocycles. The molecule has 0 radical (unpaired) electrons. The van der Waals surface area contributed by atoms with E-state index < -0.39 is 0 Å². The van der Waals surface area contributed by atoms with Crippen molar-refractivity contribution in [3.8, 4) is 0 Å². The fourth-order valence-corrected chi connectivity index (χ4v) is 3.46. The number of aryl methyl sites for hydroxylation is 2. The average Bonchev–Trinajstić information content (AvgIpc) is 3.19. The lowest BCUT2D eigenvalue weighted by Crippen LogP contribution is -2.39. The highest BCUT2D eigenvalue weighted by molar-refractivity contribution is 5.92. The number of nitrogens with one attached hydrogen (secondary N) is 1. The van der Waals surface area contributed by atoms with Crippen LogP contribution in [0.1, 0.15) is 40.6 Å². The topological polar surface area (TPSA) is 88.3 Å². The summed E-state index contributed by atoms with van der Waals surface area (Å²) in [6, 6.07) is 5.21. The number of nitrogens with zero attached hydrogens (tertiary/aromatic N) is 5. The third-order valence-corrected chi connectivity index (χ3v) is 4.84. The maximum atomic E-state index is 12.5. The summed E-state index contributed by atoms with van der Waals surface area (Å²) in [6.45, 7) is 3.21. The van der Waals surface area contributed by atoms with Gasteiger partial charge in [0.05, 0.1) is 5.69 Å². The first-order valence-electron chi connectivity index (χ1n) is 8.39. The fraction of sp³-hybridized carbons (Fsp3) is 0.412. The van der Waals surface area contributed by atoms with E-state index in [1.165, 1.54) is 4.52 Å². The summed E-state index contributed by atoms with van der Waals surface area (Å²) in [4.78, 5) is 31.3. The van der Waals surface area contributed by atoms with Crippen LogP contribution < -0.4 is 5.56 Å². The number of aromatic amines is 1. The molecule has 0 aliphatic carbocycles. The highest BCUT2D eigenvalue weighted by Crippen LogP contribution is 2.27. The van der Waals surface area contributed by atoms with Crippen molar-refractivity contribution in [3.63, 3.8) is 0 Å². The van der Waals surface area contributed by atoms with E-state index in [1.807, 2.05) is 17.9 Å². The molecule has 1 saturated heterocycles. The Morgan fingerprint density at radius 2 is 2.04 bits per heavy atom. The summed E-state index contributed by atoms with van der Waals surface area (Å²) >= 11 is 0. The fourth-order valence-electron chi connectivity index (χ4n) is 3.46. The smallest absolute Gasteiger partial charge is 0.272 e. The van der Waals surface area contributed by atoms with Crippen molar-refractivity contribution in [2.45, 2.75) is 25.7 Å². The van der Waals surface area contributed by atoms with Crippen LogP contribution in [0.2, 0.25) is 0 Å². The predicted molar refractivity (Wildman–Crippen MR) is 91.6 cm³/mol. The lowest BCUT2D eigenvalue weighted by Gasteiger charge is -2.31. The van der Waals surface area contributed by atoms with E-state index in [0.717, 1.165) is 24.2 Å². The number of carbonyl (C=O) groups excluding carboxylic acids is 1. The van der Waals surface area contributed by atoms with Gasteiger partial charge in [0.15, 0.2) is 5.65 Å². The zero-order chi connectivity index (χ0) is 17.6. The Balaban J connectivity index is 1.51. The van der Waals surface area contributed by atoms with Crippen molar-refractivity contribution < 1.29 is 4.79 Å². The van der Waals surface area contributed by atoms with Gasteiger partial charge in [0.25, 0.3) is 11.5 Å². The first-order chi connectivity index (χ1) is 12.0. The summed E-state index contributed by atoms with van der Waals surface area (Å²) in [7, 11) is 1.77. The number of amides is 1. The van der Waals surface area contributed by atoms with Gasteiger partial charge in [-0.1, -0.05) is 0 Å². The molecule has 1 amide bonds. The Morgan fingerprint density at radius 3 is 2.72 bits per heavy atom. The van der Waals surface area contributed by atoms with Crippen LogP contribution in [0.15, 0.2) is 29.2 Å². The van der Waals surface area contributed by atoms with Crippen molar-refractivity contribution in [2.24, 2.45) is 7.05 Å². The van der Waals surface area contributed by atoms with E-state index in [1.54, 1.807) is 30.1 Å². The van der Waals surface area contributed by atoms with Crippen LogP contribution in [0.5, 0.6) is 0 Å². The van der Waals surface area contributed by atoms with E-state index in [9.17, 15) is 9.59 Å². The Kier molecular flexibility index (Phi) is 3.67. The van der Waals surface area contributed by atoms with Gasteiger partial charge in [-0.05, 0) is 25.8 Å². The van der Waals surface area contributed by atoms with Crippen LogP contribution >= 0.6 is 0 Å². The summed E-state index contributed by atoms with van der Waals surface area (Å²) < 4.78 is 3.05. The van der Waals surface area contributed by atoms with E-state index >= 15 is 0 Å². The van der Waals surface area contributed by atoms with Crippen molar-refractivity contribution in [3.05, 3.63) is 51.8 Å². The Bertz CT molecular complexity index is 990. The lowest BCUT2D eigenvalue weighted by molar-refractivity contribution is 0.0701. The third-order valence-electron chi connectivity index (χ3n) is 4.84. The van der Waals surface area contributed by atoms with Crippen molar-refractivity contribution in [2.75, 3.05) is 13.1 Å². The van der Waals surface area contributed by atoms with Gasteiger partial charge >= 0.3 is 0 Å². The zero-order valence-electron chi connectivity index (χ0n) is 14.3. The van der Waals surface area contributed by atoms with E-state index in [4.69, 9.17) is 0 Å². The second-order valence-corrected chi connectivity index (χ2v) is 6.56. The van der Waals surface area contributed by atoms with Crippen molar-refractivity contribution >= 4 is 11.6 Å². The molecule has 0 saturated carbocycles. The molecule has 0 bridgehead atoms. The van der Waals surface area contributed by atoms with Crippen molar-refractivity contribution in [1.29, 1.82) is 0 Å². The monoisotopic (exact) mass is 340 g/mol. The molecule has 1 N–H and O–H groups in total. The van der Waals surface area contributed by atoms with E-state index in [0.29, 0.717) is 24.4 Å². The van der Waals surface area contributed by atoms with Gasteiger partial charge in [-0.3, -0.25) is 19.4 Å². The number of hydrogen-bond acceptors (Lipinski definition) is 4. The maximum Gasteiger partial charge on any atom is 0.272 e. The molecule has 130 valence electrons. The molecule has 0 unspecified atom stereocenters. The SMILES string of the molecule is Cc1cc2nc(C3CCN(C(=O)c4ccnn4C)CC3)cc(=O)n2[nH]1. The molecule has 1 aliphatic rings. The van der Waals surface area contributed by atoms with Gasteiger partial charge in [-0.15, -0.1) is 0 Å². The number of fused-ring (bicyclic) bond motifs is 1. The molecule has 4 heterocycles. The van der Waals surface area contributed by atoms with Gasteiger partial charge in [0, 0.05) is 50.1 Å². The maximum absolute atomic E-state index is 12.5. The lowest BCUT2D eigenvalue weighted by atomic mass is 9.93. The predicted octanol–water partition coefficient (Wildman–Crippen LogP) is 1.08. The standard InChI is InChI=1S/C17H20N6O2/c1-11-9-15-19-13(10-16(24)23(15)20-11)12-4-7-22(8-5-12)17(25)14-3-6-18-21(14)2/h3,6,9-10,12,20H,4-5,7-8H2,1-2H3. The highest BCUT2D eigenvalue weighted by atomic mass is 16.2. The van der Waals surface area contributed by atoms with Crippen LogP contribution in [0.4, 0.5) is 0 Å². The normalized spacial score (nSPS) is 15.8. The first kappa shape index (κ1) is 15.6. The number of likely N-dealkylation sites (tertiary alicyclic amines) is 1. The molecule has 0 spiro atoms. The van der Waals surface area contributed by atoms with Gasteiger partial charge in [0.2, 0.25) is 0 Å². The van der Waals surface area contributed by atoms with Crippen LogP contribution in [0, 0.1) is 6.92 Å². The number of aromatic nitrogens is 5. The number of rotatable bonds is 2. The molecule has 4 rings (SSSR count). The molecular weight excluding hydrogens is 320 g/mol. The van der Waals surface area contributed by atoms with E-state index in [-0.39, 0.29) is 17.4 Å². The van der Waals surface area contributed by atoms with Crippen molar-refractivity contribution in [1.82, 2.24) is 29.3 Å². The average molecular weight is 340 g/mol. The Hall–Kier alpha value is -2.90. The largest absolute Gasteiger partial charge is 0.337 e. The second-order valence-electron chi connectivity index (χ2n) is 6.56. The van der Waals surface area contributed by atoms with Gasteiger partial charge in [0.1, 0.15) is 5.69 Å². The van der Waals surface area contributed by atoms with E-state index in [2.05, 4.69) is 15.2 Å². The van der Waals surface area contributed by atoms with Gasteiger partial charge in [-0.2, -0.15) is 5.10 Å². The summed E-state index contributed by atoms with van der Waals surface area (Å²) in [5.41, 5.74) is 2.86. The molecule has 1 aliphatic heterocycles. The minimum Gasteiger partial charge on any atom is -0.337 e. The van der Waals surface area contributed by atoms with Crippen LogP contribution in [0.25, 0.3) is 5.65 Å². The van der Waals surface area contributed by atoms with Crippen LogP contribution in [0.3, 0.4) is 0 Å². The Labute approximate surface area is 144 Å². The quantitative estimate of drug-likeness (QED) is 0.756. The van der Waals surface area contributed by atoms with Gasteiger partial charge in [-0.25, -0.2) is 9.50 Å². The molecule has 3 aromatic heterocycles. The molecule has 1 fully saturated rings. The molecular formula is C17H20N6O2. The van der Waals surface area contributed by atoms with Gasteiger partial charge < -0.3 is 4.90 Å². The minimum atomic E-state index is -0.0958. The zero-order valence-corrected chi connectivity index (χ0v) is 14.3. The Morgan fingerprint density at radius 1 is 1.28 bits per heavy atom. The highest BCUT2D eigenvalue weighted by Gasteiger charge is 2.27. The first-order valence-corrected chi connectivity index (χ1v) is 8.39. The minimum absolute atomic E-state index is 0.00295. The summed E-state index contributed by atoms with van der Waals surface area (Å²) in [6.07, 6.45) is 3.23. The number of piperidine rings is 1. The number of H-pyrrole nitrogens is 1. The third kappa shape index (κ3) is 2.73. The number of carbonyl (C=O) groups is 1. The summed E-state index contributed by atoms with van der Waals surface area (Å²) in [5, 5.41) is 7.04. The molecule has 8 nitrogen and oxygen atoms in total. The number of hydrogen-bond donors (Lipinski definition) is 1. The summed E-state index contributed by atoms with van der Waals surface area (Å²) in [5.74, 6) is 0.201.